The van der Waals surface area contributed by atoms with Crippen molar-refractivity contribution in [1.82, 2.24) is 20.8 Å². The van der Waals surface area contributed by atoms with Crippen molar-refractivity contribution in [2.75, 3.05) is 13.2 Å². The molecule has 4 N–H and O–H groups in total. The van der Waals surface area contributed by atoms with E-state index in [1.54, 1.807) is 12.4 Å². The standard InChI is InChI=1S/C9H14N4O4/c14-8(15)6-17-13-9(16)12-3-1-2-7-10-4-5-11-7/h4-5H,1-3,6H2,(H,10,11)(H,14,15)(H2,12,13,16). The predicted octanol–water partition coefficient (Wildman–Crippen LogP) is -0.342. The minimum absolute atomic E-state index is 0.447. The highest BCUT2D eigenvalue weighted by atomic mass is 16.7. The lowest BCUT2D eigenvalue weighted by Crippen LogP contribution is -2.37. The first-order valence-electron chi connectivity index (χ1n) is 5.04. The number of carboxylic acids is 1. The summed E-state index contributed by atoms with van der Waals surface area (Å²) < 4.78 is 0. The number of nitrogens with zero attached hydrogens (tertiary/aromatic N) is 1. The van der Waals surface area contributed by atoms with Crippen molar-refractivity contribution >= 4 is 12.0 Å². The highest BCUT2D eigenvalue weighted by Crippen LogP contribution is 1.92. The van der Waals surface area contributed by atoms with Crippen LogP contribution < -0.4 is 10.8 Å². The van der Waals surface area contributed by atoms with Gasteiger partial charge in [-0.05, 0) is 6.42 Å². The fourth-order valence-electron chi connectivity index (χ4n) is 1.09. The summed E-state index contributed by atoms with van der Waals surface area (Å²) in [6.07, 6.45) is 4.84. The fourth-order valence-corrected chi connectivity index (χ4v) is 1.09. The Labute approximate surface area is 97.3 Å². The van der Waals surface area contributed by atoms with Gasteiger partial charge >= 0.3 is 12.0 Å². The van der Waals surface area contributed by atoms with Crippen molar-refractivity contribution in [1.29, 1.82) is 0 Å². The van der Waals surface area contributed by atoms with Crippen LogP contribution in [0.3, 0.4) is 0 Å². The van der Waals surface area contributed by atoms with Crippen LogP contribution in [0, 0.1) is 0 Å². The van der Waals surface area contributed by atoms with Crippen LogP contribution in [0.25, 0.3) is 0 Å². The first kappa shape index (κ1) is 13.0. The van der Waals surface area contributed by atoms with E-state index in [2.05, 4.69) is 20.1 Å². The number of imidazole rings is 1. The number of carbonyl (C=O) groups is 2. The second kappa shape index (κ2) is 7.23. The van der Waals surface area contributed by atoms with Gasteiger partial charge in [0.25, 0.3) is 0 Å². The molecule has 0 saturated heterocycles. The Balaban J connectivity index is 1.98. The number of carboxylic acid groups (broad SMARTS) is 1. The summed E-state index contributed by atoms with van der Waals surface area (Å²) in [6.45, 7) is -0.122. The quantitative estimate of drug-likeness (QED) is 0.385. The summed E-state index contributed by atoms with van der Waals surface area (Å²) in [4.78, 5) is 32.4. The first-order valence-corrected chi connectivity index (χ1v) is 5.04. The Bertz CT molecular complexity index is 352. The van der Waals surface area contributed by atoms with E-state index < -0.39 is 18.6 Å². The molecule has 0 aliphatic carbocycles. The number of aryl methyl sites for hydroxylation is 1. The molecule has 0 aromatic carbocycles. The lowest BCUT2D eigenvalue weighted by atomic mass is 10.3. The van der Waals surface area contributed by atoms with Crippen LogP contribution in [0.2, 0.25) is 0 Å². The third kappa shape index (κ3) is 6.15. The maximum absolute atomic E-state index is 11.0. The van der Waals surface area contributed by atoms with Gasteiger partial charge in [0.2, 0.25) is 0 Å². The fraction of sp³-hybridized carbons (Fsp3) is 0.444. The summed E-state index contributed by atoms with van der Waals surface area (Å²) in [5.74, 6) is -0.294. The van der Waals surface area contributed by atoms with Gasteiger partial charge in [-0.2, -0.15) is 0 Å². The molecule has 0 bridgehead atoms. The number of aromatic amines is 1. The summed E-state index contributed by atoms with van der Waals surface area (Å²) in [5.41, 5.74) is 1.95. The second-order valence-corrected chi connectivity index (χ2v) is 3.18. The van der Waals surface area contributed by atoms with E-state index in [1.807, 2.05) is 5.48 Å². The van der Waals surface area contributed by atoms with Gasteiger partial charge in [-0.3, -0.25) is 4.84 Å². The molecule has 0 fully saturated rings. The van der Waals surface area contributed by atoms with Crippen molar-refractivity contribution in [3.63, 3.8) is 0 Å². The van der Waals surface area contributed by atoms with Crippen LogP contribution >= 0.6 is 0 Å². The van der Waals surface area contributed by atoms with Crippen molar-refractivity contribution in [3.05, 3.63) is 18.2 Å². The average Bonchev–Trinajstić information content (AvgIpc) is 2.76. The van der Waals surface area contributed by atoms with Gasteiger partial charge in [-0.15, -0.1) is 0 Å². The number of carbonyl (C=O) groups excluding carboxylic acids is 1. The number of hydrogen-bond acceptors (Lipinski definition) is 4. The third-order valence-corrected chi connectivity index (χ3v) is 1.79. The average molecular weight is 242 g/mol. The van der Waals surface area contributed by atoms with E-state index in [0.29, 0.717) is 6.54 Å². The van der Waals surface area contributed by atoms with Crippen molar-refractivity contribution in [2.24, 2.45) is 0 Å². The topological polar surface area (TPSA) is 116 Å². The summed E-state index contributed by atoms with van der Waals surface area (Å²) in [5, 5.41) is 10.7. The number of rotatable bonds is 7. The van der Waals surface area contributed by atoms with E-state index in [1.165, 1.54) is 0 Å². The smallest absolute Gasteiger partial charge is 0.338 e. The molecule has 8 nitrogen and oxygen atoms in total. The molecule has 8 heteroatoms. The molecular formula is C9H14N4O4. The molecule has 17 heavy (non-hydrogen) atoms. The van der Waals surface area contributed by atoms with E-state index in [9.17, 15) is 9.59 Å². The van der Waals surface area contributed by atoms with E-state index in [4.69, 9.17) is 5.11 Å². The Hall–Kier alpha value is -2.09. The van der Waals surface area contributed by atoms with Crippen LogP contribution in [-0.4, -0.2) is 40.2 Å². The number of amides is 2. The zero-order valence-electron chi connectivity index (χ0n) is 9.10. The van der Waals surface area contributed by atoms with Crippen LogP contribution in [0.1, 0.15) is 12.2 Å². The summed E-state index contributed by atoms with van der Waals surface area (Å²) in [7, 11) is 0. The maximum Gasteiger partial charge on any atom is 0.338 e. The number of hydroxylamine groups is 1. The SMILES string of the molecule is O=C(O)CONC(=O)NCCCc1ncc[nH]1. The van der Waals surface area contributed by atoms with Gasteiger partial charge in [-0.25, -0.2) is 20.1 Å². The zero-order valence-corrected chi connectivity index (χ0v) is 9.10. The van der Waals surface area contributed by atoms with Gasteiger partial charge < -0.3 is 15.4 Å². The van der Waals surface area contributed by atoms with Gasteiger partial charge in [-0.1, -0.05) is 0 Å². The summed E-state index contributed by atoms with van der Waals surface area (Å²) >= 11 is 0. The molecule has 1 aromatic heterocycles. The third-order valence-electron chi connectivity index (χ3n) is 1.79. The molecule has 1 rings (SSSR count). The Morgan fingerprint density at radius 1 is 1.53 bits per heavy atom. The minimum atomic E-state index is -1.15. The molecule has 0 radical (unpaired) electrons. The highest BCUT2D eigenvalue weighted by Gasteiger charge is 2.02. The van der Waals surface area contributed by atoms with Crippen LogP contribution in [0.5, 0.6) is 0 Å². The van der Waals surface area contributed by atoms with Crippen molar-refractivity contribution < 1.29 is 19.5 Å². The molecule has 0 saturated carbocycles. The summed E-state index contributed by atoms with van der Waals surface area (Å²) in [6, 6.07) is -0.564. The van der Waals surface area contributed by atoms with Gasteiger partial charge in [0.05, 0.1) is 0 Å². The maximum atomic E-state index is 11.0. The molecule has 1 heterocycles. The Kier molecular flexibility index (Phi) is 5.52. The molecule has 0 aliphatic rings. The number of urea groups is 1. The normalized spacial score (nSPS) is 9.88. The van der Waals surface area contributed by atoms with Crippen LogP contribution in [0.4, 0.5) is 4.79 Å². The van der Waals surface area contributed by atoms with Crippen molar-refractivity contribution in [3.8, 4) is 0 Å². The van der Waals surface area contributed by atoms with Gasteiger partial charge in [0.15, 0.2) is 6.61 Å². The minimum Gasteiger partial charge on any atom is -0.479 e. The Morgan fingerprint density at radius 3 is 3.00 bits per heavy atom. The van der Waals surface area contributed by atoms with E-state index in [0.717, 1.165) is 18.7 Å². The molecule has 0 unspecified atom stereocenters. The molecule has 94 valence electrons. The highest BCUT2D eigenvalue weighted by molar-refractivity contribution is 5.73. The molecule has 2 amide bonds. The lowest BCUT2D eigenvalue weighted by molar-refractivity contribution is -0.144. The molecular weight excluding hydrogens is 228 g/mol. The number of aromatic nitrogens is 2. The number of hydrogen-bond donors (Lipinski definition) is 4. The molecule has 0 spiro atoms. The zero-order chi connectivity index (χ0) is 12.5. The number of nitrogens with one attached hydrogen (secondary N) is 3. The van der Waals surface area contributed by atoms with Gasteiger partial charge in [0.1, 0.15) is 5.82 Å². The molecule has 0 atom stereocenters. The molecule has 1 aromatic rings. The molecule has 0 aliphatic heterocycles. The van der Waals surface area contributed by atoms with Crippen LogP contribution in [-0.2, 0) is 16.1 Å². The van der Waals surface area contributed by atoms with E-state index in [-0.39, 0.29) is 0 Å². The first-order chi connectivity index (χ1) is 8.18. The Morgan fingerprint density at radius 2 is 2.35 bits per heavy atom. The van der Waals surface area contributed by atoms with Crippen LogP contribution in [0.15, 0.2) is 12.4 Å². The monoisotopic (exact) mass is 242 g/mol. The predicted molar refractivity (Wildman–Crippen MR) is 57.0 cm³/mol. The lowest BCUT2D eigenvalue weighted by Gasteiger charge is -2.05. The van der Waals surface area contributed by atoms with E-state index >= 15 is 0 Å². The number of aliphatic carboxylic acids is 1. The van der Waals surface area contributed by atoms with Gasteiger partial charge in [0, 0.05) is 25.4 Å². The largest absolute Gasteiger partial charge is 0.479 e. The number of H-pyrrole nitrogens is 1. The second-order valence-electron chi connectivity index (χ2n) is 3.18. The van der Waals surface area contributed by atoms with Crippen molar-refractivity contribution in [2.45, 2.75) is 12.8 Å².